The second kappa shape index (κ2) is 7.92. The van der Waals surface area contributed by atoms with E-state index >= 15 is 0 Å². The number of para-hydroxylation sites is 1. The Bertz CT molecular complexity index is 731. The average molecular weight is 343 g/mol. The van der Waals surface area contributed by atoms with Gasteiger partial charge in [0.1, 0.15) is 11.5 Å². The van der Waals surface area contributed by atoms with Crippen LogP contribution >= 0.6 is 0 Å². The molecule has 1 N–H and O–H groups in total. The molecular weight excluding hydrogens is 321 g/mol. The minimum atomic E-state index is -0.232. The van der Waals surface area contributed by atoms with Crippen LogP contribution in [0.25, 0.3) is 0 Å². The molecule has 1 fully saturated rings. The van der Waals surface area contributed by atoms with Crippen molar-refractivity contribution in [2.24, 2.45) is 0 Å². The maximum atomic E-state index is 13.9. The van der Waals surface area contributed by atoms with Crippen molar-refractivity contribution in [2.45, 2.75) is 13.3 Å². The lowest BCUT2D eigenvalue weighted by molar-refractivity contribution is 0.0740. The van der Waals surface area contributed by atoms with Crippen LogP contribution < -0.4 is 10.2 Å². The van der Waals surface area contributed by atoms with Crippen molar-refractivity contribution in [1.82, 2.24) is 14.9 Å². The molecule has 1 aromatic carbocycles. The number of hydrogen-bond acceptors (Lipinski definition) is 5. The molecule has 6 nitrogen and oxygen atoms in total. The molecule has 132 valence electrons. The SMILES string of the molecule is CCCNc1nccc(C(=O)N2CCN(c3ccccc3F)CC2)n1. The fourth-order valence-corrected chi connectivity index (χ4v) is 2.82. The van der Waals surface area contributed by atoms with Gasteiger partial charge in [0.05, 0.1) is 5.69 Å². The highest BCUT2D eigenvalue weighted by Gasteiger charge is 2.24. The molecule has 1 aliphatic heterocycles. The summed E-state index contributed by atoms with van der Waals surface area (Å²) < 4.78 is 13.9. The lowest BCUT2D eigenvalue weighted by Crippen LogP contribution is -2.49. The van der Waals surface area contributed by atoms with Crippen LogP contribution in [0.15, 0.2) is 36.5 Å². The Morgan fingerprint density at radius 3 is 2.68 bits per heavy atom. The molecule has 0 bridgehead atoms. The minimum absolute atomic E-state index is 0.116. The lowest BCUT2D eigenvalue weighted by Gasteiger charge is -2.36. The molecule has 25 heavy (non-hydrogen) atoms. The zero-order valence-electron chi connectivity index (χ0n) is 14.3. The molecule has 0 spiro atoms. The Hall–Kier alpha value is -2.70. The van der Waals surface area contributed by atoms with E-state index in [1.54, 1.807) is 29.3 Å². The topological polar surface area (TPSA) is 61.4 Å². The number of rotatable bonds is 5. The molecule has 3 rings (SSSR count). The highest BCUT2D eigenvalue weighted by atomic mass is 19.1. The molecule has 0 radical (unpaired) electrons. The van der Waals surface area contributed by atoms with Crippen LogP contribution in [0.5, 0.6) is 0 Å². The smallest absolute Gasteiger partial charge is 0.272 e. The Kier molecular flexibility index (Phi) is 5.42. The van der Waals surface area contributed by atoms with Gasteiger partial charge in [-0.2, -0.15) is 0 Å². The Labute approximate surface area is 146 Å². The third-order valence-electron chi connectivity index (χ3n) is 4.17. The molecule has 1 saturated heterocycles. The van der Waals surface area contributed by atoms with E-state index in [0.717, 1.165) is 13.0 Å². The summed E-state index contributed by atoms with van der Waals surface area (Å²) in [7, 11) is 0. The molecule has 1 amide bonds. The molecule has 0 atom stereocenters. The molecule has 0 aliphatic carbocycles. The first-order chi connectivity index (χ1) is 12.2. The second-order valence-electron chi connectivity index (χ2n) is 5.92. The Balaban J connectivity index is 1.63. The summed E-state index contributed by atoms with van der Waals surface area (Å²) in [5.74, 6) is 0.123. The summed E-state index contributed by atoms with van der Waals surface area (Å²) in [6.45, 7) is 5.08. The molecule has 2 heterocycles. The molecule has 1 aliphatic rings. The van der Waals surface area contributed by atoms with Gasteiger partial charge >= 0.3 is 0 Å². The molecule has 0 unspecified atom stereocenters. The molecule has 2 aromatic rings. The van der Waals surface area contributed by atoms with Gasteiger partial charge in [-0.25, -0.2) is 14.4 Å². The maximum absolute atomic E-state index is 13.9. The van der Waals surface area contributed by atoms with E-state index in [-0.39, 0.29) is 11.7 Å². The van der Waals surface area contributed by atoms with Gasteiger partial charge in [0, 0.05) is 38.9 Å². The summed E-state index contributed by atoms with van der Waals surface area (Å²) in [6.07, 6.45) is 2.55. The number of halogens is 1. The van der Waals surface area contributed by atoms with Gasteiger partial charge in [0.2, 0.25) is 5.95 Å². The quantitative estimate of drug-likeness (QED) is 0.903. The van der Waals surface area contributed by atoms with Gasteiger partial charge in [-0.05, 0) is 24.6 Å². The van der Waals surface area contributed by atoms with E-state index in [9.17, 15) is 9.18 Å². The highest BCUT2D eigenvalue weighted by Crippen LogP contribution is 2.20. The zero-order chi connectivity index (χ0) is 17.6. The van der Waals surface area contributed by atoms with Gasteiger partial charge in [-0.3, -0.25) is 4.79 Å². The van der Waals surface area contributed by atoms with Crippen molar-refractivity contribution in [3.8, 4) is 0 Å². The van der Waals surface area contributed by atoms with Crippen molar-refractivity contribution < 1.29 is 9.18 Å². The second-order valence-corrected chi connectivity index (χ2v) is 5.92. The summed E-state index contributed by atoms with van der Waals surface area (Å²) in [4.78, 5) is 24.8. The fourth-order valence-electron chi connectivity index (χ4n) is 2.82. The van der Waals surface area contributed by atoms with Gasteiger partial charge in [-0.15, -0.1) is 0 Å². The van der Waals surface area contributed by atoms with Crippen molar-refractivity contribution in [3.63, 3.8) is 0 Å². The summed E-state index contributed by atoms with van der Waals surface area (Å²) in [6, 6.07) is 8.35. The number of nitrogens with one attached hydrogen (secondary N) is 1. The molecule has 1 aromatic heterocycles. The van der Waals surface area contributed by atoms with E-state index in [4.69, 9.17) is 0 Å². The number of carbonyl (C=O) groups excluding carboxylic acids is 1. The van der Waals surface area contributed by atoms with Crippen LogP contribution in [0.3, 0.4) is 0 Å². The molecule has 0 saturated carbocycles. The summed E-state index contributed by atoms with van der Waals surface area (Å²) in [5, 5.41) is 3.08. The van der Waals surface area contributed by atoms with Gasteiger partial charge in [0.15, 0.2) is 0 Å². The molecular formula is C18H22FN5O. The number of benzene rings is 1. The lowest BCUT2D eigenvalue weighted by atomic mass is 10.2. The number of anilines is 2. The Morgan fingerprint density at radius 2 is 1.96 bits per heavy atom. The van der Waals surface area contributed by atoms with Crippen LogP contribution in [0.2, 0.25) is 0 Å². The van der Waals surface area contributed by atoms with Gasteiger partial charge < -0.3 is 15.1 Å². The fraction of sp³-hybridized carbons (Fsp3) is 0.389. The van der Waals surface area contributed by atoms with E-state index < -0.39 is 0 Å². The van der Waals surface area contributed by atoms with Crippen molar-refractivity contribution in [2.75, 3.05) is 42.9 Å². The first-order valence-corrected chi connectivity index (χ1v) is 8.54. The van der Waals surface area contributed by atoms with Gasteiger partial charge in [-0.1, -0.05) is 19.1 Å². The van der Waals surface area contributed by atoms with Crippen LogP contribution in [0.1, 0.15) is 23.8 Å². The largest absolute Gasteiger partial charge is 0.366 e. The monoisotopic (exact) mass is 343 g/mol. The zero-order valence-corrected chi connectivity index (χ0v) is 14.3. The number of hydrogen-bond donors (Lipinski definition) is 1. The first-order valence-electron chi connectivity index (χ1n) is 8.54. The number of amides is 1. The van der Waals surface area contributed by atoms with Gasteiger partial charge in [0.25, 0.3) is 5.91 Å². The maximum Gasteiger partial charge on any atom is 0.272 e. The summed E-state index contributed by atoms with van der Waals surface area (Å²) in [5.41, 5.74) is 0.968. The number of aromatic nitrogens is 2. The van der Waals surface area contributed by atoms with E-state index in [0.29, 0.717) is 43.5 Å². The van der Waals surface area contributed by atoms with Crippen LogP contribution in [-0.4, -0.2) is 53.5 Å². The highest BCUT2D eigenvalue weighted by molar-refractivity contribution is 5.92. The van der Waals surface area contributed by atoms with Crippen molar-refractivity contribution in [1.29, 1.82) is 0 Å². The van der Waals surface area contributed by atoms with Crippen LogP contribution in [-0.2, 0) is 0 Å². The Morgan fingerprint density at radius 1 is 1.20 bits per heavy atom. The van der Waals surface area contributed by atoms with Crippen molar-refractivity contribution in [3.05, 3.63) is 48.0 Å². The normalized spacial score (nSPS) is 14.5. The predicted octanol–water partition coefficient (Wildman–Crippen LogP) is 2.40. The van der Waals surface area contributed by atoms with E-state index in [1.807, 2.05) is 11.0 Å². The molecule has 7 heteroatoms. The number of nitrogens with zero attached hydrogens (tertiary/aromatic N) is 4. The average Bonchev–Trinajstić information content (AvgIpc) is 2.66. The van der Waals surface area contributed by atoms with E-state index in [1.165, 1.54) is 6.07 Å². The van der Waals surface area contributed by atoms with Crippen molar-refractivity contribution >= 4 is 17.5 Å². The third kappa shape index (κ3) is 4.04. The number of carbonyl (C=O) groups is 1. The first kappa shape index (κ1) is 17.1. The van der Waals surface area contributed by atoms with E-state index in [2.05, 4.69) is 22.2 Å². The third-order valence-corrected chi connectivity index (χ3v) is 4.17. The van der Waals surface area contributed by atoms with Crippen LogP contribution in [0, 0.1) is 5.82 Å². The summed E-state index contributed by atoms with van der Waals surface area (Å²) >= 11 is 0. The standard InChI is InChI=1S/C18H22FN5O/c1-2-8-20-18-21-9-7-15(22-18)17(25)24-12-10-23(11-13-24)16-6-4-3-5-14(16)19/h3-7,9H,2,8,10-13H2,1H3,(H,20,21,22). The van der Waals surface area contributed by atoms with Crippen LogP contribution in [0.4, 0.5) is 16.0 Å². The minimum Gasteiger partial charge on any atom is -0.366 e. The predicted molar refractivity (Wildman–Crippen MR) is 95.3 cm³/mol. The number of piperazine rings is 1.